The van der Waals surface area contributed by atoms with Crippen molar-refractivity contribution in [2.75, 3.05) is 18.4 Å². The van der Waals surface area contributed by atoms with Gasteiger partial charge in [-0.3, -0.25) is 4.79 Å². The van der Waals surface area contributed by atoms with Crippen LogP contribution in [0.2, 0.25) is 0 Å². The van der Waals surface area contributed by atoms with Gasteiger partial charge in [0.25, 0.3) is 5.91 Å². The summed E-state index contributed by atoms with van der Waals surface area (Å²) >= 11 is 0. The van der Waals surface area contributed by atoms with E-state index in [2.05, 4.69) is 29.5 Å². The molecule has 106 valence electrons. The molecule has 4 heteroatoms. The van der Waals surface area contributed by atoms with E-state index >= 15 is 0 Å². The molecular formula is C15H25N3O. The van der Waals surface area contributed by atoms with Crippen LogP contribution in [0.4, 0.5) is 5.82 Å². The number of rotatable bonds is 9. The fraction of sp³-hybridized carbons (Fsp3) is 0.600. The highest BCUT2D eigenvalue weighted by molar-refractivity contribution is 5.92. The first kappa shape index (κ1) is 15.5. The first-order chi connectivity index (χ1) is 9.27. The molecule has 0 aliphatic carbocycles. The third-order valence-corrected chi connectivity index (χ3v) is 2.85. The molecule has 0 radical (unpaired) electrons. The summed E-state index contributed by atoms with van der Waals surface area (Å²) in [6.45, 7) is 5.87. The molecule has 1 aromatic heterocycles. The van der Waals surface area contributed by atoms with Crippen molar-refractivity contribution in [2.45, 2.75) is 46.0 Å². The average Bonchev–Trinajstić information content (AvgIpc) is 2.45. The Kier molecular flexibility index (Phi) is 7.63. The van der Waals surface area contributed by atoms with Crippen LogP contribution in [-0.4, -0.2) is 24.0 Å². The minimum Gasteiger partial charge on any atom is -0.370 e. The van der Waals surface area contributed by atoms with Crippen molar-refractivity contribution >= 4 is 11.7 Å². The zero-order valence-electron chi connectivity index (χ0n) is 12.0. The van der Waals surface area contributed by atoms with Crippen molar-refractivity contribution in [3.63, 3.8) is 0 Å². The molecule has 1 amide bonds. The zero-order chi connectivity index (χ0) is 13.9. The minimum atomic E-state index is -0.0864. The van der Waals surface area contributed by atoms with E-state index in [1.807, 2.05) is 12.1 Å². The maximum Gasteiger partial charge on any atom is 0.269 e. The largest absolute Gasteiger partial charge is 0.370 e. The third kappa shape index (κ3) is 6.22. The van der Waals surface area contributed by atoms with Crippen molar-refractivity contribution in [1.29, 1.82) is 0 Å². The van der Waals surface area contributed by atoms with E-state index in [1.165, 1.54) is 19.3 Å². The zero-order valence-corrected chi connectivity index (χ0v) is 12.0. The Morgan fingerprint density at radius 1 is 1.11 bits per heavy atom. The van der Waals surface area contributed by atoms with Crippen molar-refractivity contribution in [1.82, 2.24) is 10.3 Å². The van der Waals surface area contributed by atoms with Crippen LogP contribution in [0.1, 0.15) is 56.4 Å². The van der Waals surface area contributed by atoms with Gasteiger partial charge in [-0.15, -0.1) is 0 Å². The van der Waals surface area contributed by atoms with Gasteiger partial charge in [-0.1, -0.05) is 39.2 Å². The lowest BCUT2D eigenvalue weighted by Gasteiger charge is -2.07. The second-order valence-corrected chi connectivity index (χ2v) is 4.65. The van der Waals surface area contributed by atoms with Gasteiger partial charge in [0.05, 0.1) is 0 Å². The molecular weight excluding hydrogens is 238 g/mol. The number of carbonyl (C=O) groups excluding carboxylic acids is 1. The summed E-state index contributed by atoms with van der Waals surface area (Å²) in [4.78, 5) is 16.2. The normalized spacial score (nSPS) is 10.2. The van der Waals surface area contributed by atoms with Gasteiger partial charge in [0.15, 0.2) is 0 Å². The fourth-order valence-corrected chi connectivity index (χ4v) is 1.76. The van der Waals surface area contributed by atoms with E-state index < -0.39 is 0 Å². The molecule has 2 N–H and O–H groups in total. The lowest BCUT2D eigenvalue weighted by molar-refractivity contribution is 0.0948. The van der Waals surface area contributed by atoms with E-state index in [9.17, 15) is 4.79 Å². The number of nitrogens with zero attached hydrogens (tertiary/aromatic N) is 1. The molecule has 0 spiro atoms. The number of anilines is 1. The molecule has 19 heavy (non-hydrogen) atoms. The summed E-state index contributed by atoms with van der Waals surface area (Å²) in [5, 5.41) is 6.09. The molecule has 0 aromatic carbocycles. The van der Waals surface area contributed by atoms with Gasteiger partial charge in [-0.25, -0.2) is 4.98 Å². The van der Waals surface area contributed by atoms with Crippen molar-refractivity contribution in [3.05, 3.63) is 23.9 Å². The maximum atomic E-state index is 11.9. The van der Waals surface area contributed by atoms with Crippen LogP contribution in [0.5, 0.6) is 0 Å². The summed E-state index contributed by atoms with van der Waals surface area (Å²) < 4.78 is 0. The number of carbonyl (C=O) groups is 1. The monoisotopic (exact) mass is 263 g/mol. The molecule has 0 bridgehead atoms. The van der Waals surface area contributed by atoms with Gasteiger partial charge < -0.3 is 10.6 Å². The van der Waals surface area contributed by atoms with Crippen LogP contribution in [0.3, 0.4) is 0 Å². The van der Waals surface area contributed by atoms with Gasteiger partial charge in [0.1, 0.15) is 11.5 Å². The number of nitrogens with one attached hydrogen (secondary N) is 2. The summed E-state index contributed by atoms with van der Waals surface area (Å²) in [7, 11) is 0. The standard InChI is InChI=1S/C15H25N3O/c1-3-5-6-7-12-17-15(19)13-9-8-10-14(18-13)16-11-4-2/h8-10H,3-7,11-12H2,1-2H3,(H,16,18)(H,17,19). The molecule has 0 aliphatic rings. The highest BCUT2D eigenvalue weighted by Crippen LogP contribution is 2.05. The summed E-state index contributed by atoms with van der Waals surface area (Å²) in [6.07, 6.45) is 5.68. The lowest BCUT2D eigenvalue weighted by Crippen LogP contribution is -2.25. The third-order valence-electron chi connectivity index (χ3n) is 2.85. The predicted octanol–water partition coefficient (Wildman–Crippen LogP) is 3.21. The second kappa shape index (κ2) is 9.36. The lowest BCUT2D eigenvalue weighted by atomic mass is 10.2. The highest BCUT2D eigenvalue weighted by Gasteiger charge is 2.06. The molecule has 0 aliphatic heterocycles. The van der Waals surface area contributed by atoms with Gasteiger partial charge in [0.2, 0.25) is 0 Å². The molecule has 0 saturated heterocycles. The molecule has 4 nitrogen and oxygen atoms in total. The number of hydrogen-bond acceptors (Lipinski definition) is 3. The second-order valence-electron chi connectivity index (χ2n) is 4.65. The average molecular weight is 263 g/mol. The Hall–Kier alpha value is -1.58. The number of unbranched alkanes of at least 4 members (excludes halogenated alkanes) is 3. The molecule has 0 atom stereocenters. The topological polar surface area (TPSA) is 54.0 Å². The highest BCUT2D eigenvalue weighted by atomic mass is 16.1. The molecule has 1 heterocycles. The van der Waals surface area contributed by atoms with E-state index in [-0.39, 0.29) is 5.91 Å². The van der Waals surface area contributed by atoms with Gasteiger partial charge in [-0.2, -0.15) is 0 Å². The molecule has 0 fully saturated rings. The smallest absolute Gasteiger partial charge is 0.269 e. The number of pyridine rings is 1. The fourth-order valence-electron chi connectivity index (χ4n) is 1.76. The Balaban J connectivity index is 2.38. The van der Waals surface area contributed by atoms with E-state index in [0.29, 0.717) is 5.69 Å². The summed E-state index contributed by atoms with van der Waals surface area (Å²) in [5.41, 5.74) is 0.483. The van der Waals surface area contributed by atoms with Crippen LogP contribution in [0, 0.1) is 0 Å². The minimum absolute atomic E-state index is 0.0864. The maximum absolute atomic E-state index is 11.9. The number of amides is 1. The van der Waals surface area contributed by atoms with E-state index in [0.717, 1.165) is 31.7 Å². The van der Waals surface area contributed by atoms with Gasteiger partial charge in [-0.05, 0) is 25.0 Å². The molecule has 1 rings (SSSR count). The Morgan fingerprint density at radius 3 is 2.68 bits per heavy atom. The Bertz CT molecular complexity index is 379. The van der Waals surface area contributed by atoms with Crippen LogP contribution < -0.4 is 10.6 Å². The SMILES string of the molecule is CCCCCCNC(=O)c1cccc(NCCC)n1. The van der Waals surface area contributed by atoms with Crippen molar-refractivity contribution < 1.29 is 4.79 Å². The Labute approximate surface area is 116 Å². The molecule has 0 unspecified atom stereocenters. The summed E-state index contributed by atoms with van der Waals surface area (Å²) in [6, 6.07) is 5.49. The van der Waals surface area contributed by atoms with Gasteiger partial charge >= 0.3 is 0 Å². The summed E-state index contributed by atoms with van der Waals surface area (Å²) in [5.74, 6) is 0.678. The first-order valence-corrected chi connectivity index (χ1v) is 7.27. The molecule has 0 saturated carbocycles. The van der Waals surface area contributed by atoms with E-state index in [1.54, 1.807) is 6.07 Å². The quantitative estimate of drug-likeness (QED) is 0.673. The van der Waals surface area contributed by atoms with E-state index in [4.69, 9.17) is 0 Å². The van der Waals surface area contributed by atoms with Crippen LogP contribution in [0.15, 0.2) is 18.2 Å². The van der Waals surface area contributed by atoms with Crippen molar-refractivity contribution in [2.24, 2.45) is 0 Å². The number of hydrogen-bond donors (Lipinski definition) is 2. The van der Waals surface area contributed by atoms with Crippen LogP contribution in [0.25, 0.3) is 0 Å². The Morgan fingerprint density at radius 2 is 1.95 bits per heavy atom. The van der Waals surface area contributed by atoms with Crippen molar-refractivity contribution in [3.8, 4) is 0 Å². The van der Waals surface area contributed by atoms with Crippen LogP contribution >= 0.6 is 0 Å². The van der Waals surface area contributed by atoms with Crippen LogP contribution in [-0.2, 0) is 0 Å². The predicted molar refractivity (Wildman–Crippen MR) is 79.5 cm³/mol. The number of aromatic nitrogens is 1. The first-order valence-electron chi connectivity index (χ1n) is 7.27. The van der Waals surface area contributed by atoms with Gasteiger partial charge in [0, 0.05) is 13.1 Å². The molecule has 1 aromatic rings.